The van der Waals surface area contributed by atoms with Crippen molar-refractivity contribution in [3.05, 3.63) is 40.4 Å². The van der Waals surface area contributed by atoms with Gasteiger partial charge in [0, 0.05) is 0 Å². The van der Waals surface area contributed by atoms with Crippen molar-refractivity contribution in [3.8, 4) is 12.3 Å². The van der Waals surface area contributed by atoms with Gasteiger partial charge in [-0.25, -0.2) is 9.78 Å². The molecule has 0 fully saturated rings. The lowest BCUT2D eigenvalue weighted by Gasteiger charge is -2.09. The normalized spacial score (nSPS) is 10.1. The van der Waals surface area contributed by atoms with E-state index in [-0.39, 0.29) is 24.5 Å². The summed E-state index contributed by atoms with van der Waals surface area (Å²) in [6.45, 7) is 1.87. The molecule has 0 saturated heterocycles. The van der Waals surface area contributed by atoms with E-state index in [4.69, 9.17) is 11.2 Å². The number of esters is 1. The number of rotatable bonds is 3. The van der Waals surface area contributed by atoms with Crippen LogP contribution in [0.1, 0.15) is 17.5 Å². The lowest BCUT2D eigenvalue weighted by Crippen LogP contribution is -2.28. The Morgan fingerprint density at radius 2 is 2.21 bits per heavy atom. The van der Waals surface area contributed by atoms with Crippen LogP contribution in [0.4, 0.5) is 0 Å². The van der Waals surface area contributed by atoms with Crippen molar-refractivity contribution in [1.29, 1.82) is 0 Å². The van der Waals surface area contributed by atoms with Crippen molar-refractivity contribution in [3.63, 3.8) is 0 Å². The molecule has 0 N–H and O–H groups in total. The number of fused-ring (bicyclic) bond motifs is 1. The molecule has 1 aromatic carbocycles. The SMILES string of the molecule is C#CCn1c(C(=O)OCC)nc2ccccc2c1=O. The number of carbonyl (C=O) groups excluding carboxylic acids is 1. The van der Waals surface area contributed by atoms with Gasteiger partial charge in [-0.1, -0.05) is 18.1 Å². The van der Waals surface area contributed by atoms with Gasteiger partial charge in [-0.2, -0.15) is 0 Å². The maximum Gasteiger partial charge on any atom is 0.374 e. The molecule has 1 aromatic heterocycles. The molecule has 5 nitrogen and oxygen atoms in total. The molecule has 0 amide bonds. The molecular formula is C14H12N2O3. The van der Waals surface area contributed by atoms with Gasteiger partial charge in [0.25, 0.3) is 5.56 Å². The largest absolute Gasteiger partial charge is 0.460 e. The Morgan fingerprint density at radius 3 is 2.89 bits per heavy atom. The summed E-state index contributed by atoms with van der Waals surface area (Å²) in [5.41, 5.74) is 0.107. The summed E-state index contributed by atoms with van der Waals surface area (Å²) in [5, 5.41) is 0.422. The number of nitrogens with zero attached hydrogens (tertiary/aromatic N) is 2. The van der Waals surface area contributed by atoms with E-state index >= 15 is 0 Å². The number of hydrogen-bond acceptors (Lipinski definition) is 4. The van der Waals surface area contributed by atoms with Gasteiger partial charge in [-0.15, -0.1) is 6.42 Å². The average molecular weight is 256 g/mol. The van der Waals surface area contributed by atoms with Crippen LogP contribution in [0, 0.1) is 12.3 Å². The molecule has 0 bridgehead atoms. The summed E-state index contributed by atoms with van der Waals surface area (Å²) in [7, 11) is 0. The fourth-order valence-corrected chi connectivity index (χ4v) is 1.76. The van der Waals surface area contributed by atoms with Crippen LogP contribution in [-0.4, -0.2) is 22.1 Å². The van der Waals surface area contributed by atoms with Crippen LogP contribution in [0.15, 0.2) is 29.1 Å². The Bertz CT molecular complexity index is 726. The van der Waals surface area contributed by atoms with E-state index in [1.54, 1.807) is 31.2 Å². The second kappa shape index (κ2) is 5.36. The Morgan fingerprint density at radius 1 is 1.47 bits per heavy atom. The number of benzene rings is 1. The molecule has 1 heterocycles. The first-order valence-electron chi connectivity index (χ1n) is 5.79. The quantitative estimate of drug-likeness (QED) is 0.611. The zero-order chi connectivity index (χ0) is 13.8. The van der Waals surface area contributed by atoms with E-state index in [0.29, 0.717) is 10.9 Å². The lowest BCUT2D eigenvalue weighted by atomic mass is 10.2. The van der Waals surface area contributed by atoms with Crippen LogP contribution in [0.25, 0.3) is 10.9 Å². The Balaban J connectivity index is 2.74. The first-order chi connectivity index (χ1) is 9.19. The van der Waals surface area contributed by atoms with Gasteiger partial charge < -0.3 is 4.74 Å². The molecule has 0 radical (unpaired) electrons. The number of terminal acetylenes is 1. The second-order valence-electron chi connectivity index (χ2n) is 3.77. The Kier molecular flexibility index (Phi) is 3.62. The minimum absolute atomic E-state index is 0.0230. The molecule has 19 heavy (non-hydrogen) atoms. The van der Waals surface area contributed by atoms with Crippen LogP contribution in [0.5, 0.6) is 0 Å². The molecule has 0 spiro atoms. The van der Waals surface area contributed by atoms with E-state index in [0.717, 1.165) is 4.57 Å². The van der Waals surface area contributed by atoms with Crippen LogP contribution in [0.3, 0.4) is 0 Å². The Hall–Kier alpha value is -2.61. The van der Waals surface area contributed by atoms with Crippen LogP contribution in [0.2, 0.25) is 0 Å². The zero-order valence-corrected chi connectivity index (χ0v) is 10.4. The molecule has 2 aromatic rings. The highest BCUT2D eigenvalue weighted by Gasteiger charge is 2.17. The van der Waals surface area contributed by atoms with Crippen LogP contribution >= 0.6 is 0 Å². The molecular weight excluding hydrogens is 244 g/mol. The van der Waals surface area contributed by atoms with Crippen molar-refractivity contribution in [2.24, 2.45) is 0 Å². The van der Waals surface area contributed by atoms with E-state index in [2.05, 4.69) is 10.9 Å². The molecule has 0 aliphatic rings. The summed E-state index contributed by atoms with van der Waals surface area (Å²) in [4.78, 5) is 28.3. The maximum absolute atomic E-state index is 12.3. The summed E-state index contributed by atoms with van der Waals surface area (Å²) in [5.74, 6) is 1.62. The lowest BCUT2D eigenvalue weighted by molar-refractivity contribution is 0.0505. The molecule has 0 aliphatic heterocycles. The topological polar surface area (TPSA) is 61.2 Å². The molecule has 0 saturated carbocycles. The summed E-state index contributed by atoms with van der Waals surface area (Å²) in [6, 6.07) is 6.79. The highest BCUT2D eigenvalue weighted by atomic mass is 16.5. The minimum Gasteiger partial charge on any atom is -0.460 e. The molecule has 96 valence electrons. The number of aromatic nitrogens is 2. The predicted octanol–water partition coefficient (Wildman–Crippen LogP) is 1.21. The smallest absolute Gasteiger partial charge is 0.374 e. The summed E-state index contributed by atoms with van der Waals surface area (Å²) >= 11 is 0. The molecule has 0 aliphatic carbocycles. The van der Waals surface area contributed by atoms with Gasteiger partial charge >= 0.3 is 5.97 Å². The van der Waals surface area contributed by atoms with Crippen molar-refractivity contribution in [2.75, 3.05) is 6.61 Å². The minimum atomic E-state index is -0.652. The average Bonchev–Trinajstić information content (AvgIpc) is 2.42. The van der Waals surface area contributed by atoms with Crippen LogP contribution < -0.4 is 5.56 Å². The maximum atomic E-state index is 12.3. The van der Waals surface area contributed by atoms with Gasteiger partial charge in [-0.3, -0.25) is 9.36 Å². The number of hydrogen-bond donors (Lipinski definition) is 0. The molecule has 0 atom stereocenters. The van der Waals surface area contributed by atoms with Crippen LogP contribution in [-0.2, 0) is 11.3 Å². The van der Waals surface area contributed by atoms with E-state index in [1.165, 1.54) is 0 Å². The highest BCUT2D eigenvalue weighted by molar-refractivity contribution is 5.89. The van der Waals surface area contributed by atoms with Crippen molar-refractivity contribution < 1.29 is 9.53 Å². The molecule has 5 heteroatoms. The number of para-hydroxylation sites is 1. The first kappa shape index (κ1) is 12.8. The van der Waals surface area contributed by atoms with E-state index in [1.807, 2.05) is 0 Å². The summed E-state index contributed by atoms with van der Waals surface area (Å²) < 4.78 is 6.04. The van der Waals surface area contributed by atoms with Gasteiger partial charge in [0.05, 0.1) is 24.1 Å². The van der Waals surface area contributed by atoms with Crippen molar-refractivity contribution in [1.82, 2.24) is 9.55 Å². The highest BCUT2D eigenvalue weighted by Crippen LogP contribution is 2.08. The zero-order valence-electron chi connectivity index (χ0n) is 10.4. The monoisotopic (exact) mass is 256 g/mol. The standard InChI is InChI=1S/C14H12N2O3/c1-3-9-16-12(14(18)19-4-2)15-11-8-6-5-7-10(11)13(16)17/h1,5-8H,4,9H2,2H3. The second-order valence-corrected chi connectivity index (χ2v) is 3.77. The molecule has 2 rings (SSSR count). The van der Waals surface area contributed by atoms with Gasteiger partial charge in [0.1, 0.15) is 0 Å². The van der Waals surface area contributed by atoms with Gasteiger partial charge in [-0.05, 0) is 19.1 Å². The third kappa shape index (κ3) is 2.33. The summed E-state index contributed by atoms with van der Waals surface area (Å²) in [6.07, 6.45) is 5.23. The Labute approximate surface area is 109 Å². The predicted molar refractivity (Wildman–Crippen MR) is 70.8 cm³/mol. The third-order valence-electron chi connectivity index (χ3n) is 2.57. The fraction of sp³-hybridized carbons (Fsp3) is 0.214. The van der Waals surface area contributed by atoms with E-state index < -0.39 is 5.97 Å². The van der Waals surface area contributed by atoms with Crippen molar-refractivity contribution >= 4 is 16.9 Å². The van der Waals surface area contributed by atoms with Gasteiger partial charge in [0.2, 0.25) is 5.82 Å². The third-order valence-corrected chi connectivity index (χ3v) is 2.57. The van der Waals surface area contributed by atoms with Crippen molar-refractivity contribution in [2.45, 2.75) is 13.5 Å². The van der Waals surface area contributed by atoms with Gasteiger partial charge in [0.15, 0.2) is 0 Å². The fourth-order valence-electron chi connectivity index (χ4n) is 1.76. The number of ether oxygens (including phenoxy) is 1. The first-order valence-corrected chi connectivity index (χ1v) is 5.79. The van der Waals surface area contributed by atoms with E-state index in [9.17, 15) is 9.59 Å². The number of carbonyl (C=O) groups is 1. The molecule has 0 unspecified atom stereocenters.